The van der Waals surface area contributed by atoms with Crippen LogP contribution in [0.25, 0.3) is 0 Å². The Hall–Kier alpha value is -0.560. The van der Waals surface area contributed by atoms with Crippen LogP contribution in [0.5, 0.6) is 0 Å². The molecule has 0 radical (unpaired) electrons. The third-order valence-electron chi connectivity index (χ3n) is 3.35. The zero-order valence-corrected chi connectivity index (χ0v) is 13.1. The molecule has 0 saturated carbocycles. The second kappa shape index (κ2) is 6.74. The zero-order valence-electron chi connectivity index (χ0n) is 11.5. The first-order chi connectivity index (χ1) is 9.10. The number of hydrogen-bond donors (Lipinski definition) is 1. The predicted molar refractivity (Wildman–Crippen MR) is 82.4 cm³/mol. The van der Waals surface area contributed by atoms with Gasteiger partial charge in [-0.15, -0.1) is 11.3 Å². The standard InChI is InChI=1S/C13H21N3OS2/c1-9-4-3-5-16(6-9)7-11-15-10(8-17-2)12(19-11)13(14)18/h9H,3-8H2,1-2H3,(H2,14,18). The summed E-state index contributed by atoms with van der Waals surface area (Å²) in [5.41, 5.74) is 6.62. The van der Waals surface area contributed by atoms with Crippen LogP contribution in [-0.2, 0) is 17.9 Å². The number of nitrogens with zero attached hydrogens (tertiary/aromatic N) is 2. The molecule has 1 saturated heterocycles. The van der Waals surface area contributed by atoms with Crippen molar-refractivity contribution in [3.63, 3.8) is 0 Å². The fourth-order valence-electron chi connectivity index (χ4n) is 2.52. The Morgan fingerprint density at radius 3 is 3.05 bits per heavy atom. The SMILES string of the molecule is COCc1nc(CN2CCCC(C)C2)sc1C(N)=S. The van der Waals surface area contributed by atoms with E-state index < -0.39 is 0 Å². The lowest BCUT2D eigenvalue weighted by molar-refractivity contribution is 0.173. The van der Waals surface area contributed by atoms with Crippen LogP contribution in [0, 0.1) is 5.92 Å². The molecular weight excluding hydrogens is 278 g/mol. The van der Waals surface area contributed by atoms with E-state index in [0.717, 1.165) is 41.1 Å². The Morgan fingerprint density at radius 1 is 1.63 bits per heavy atom. The van der Waals surface area contributed by atoms with Gasteiger partial charge in [-0.3, -0.25) is 4.90 Å². The third kappa shape index (κ3) is 3.95. The van der Waals surface area contributed by atoms with Crippen molar-refractivity contribution in [1.29, 1.82) is 0 Å². The van der Waals surface area contributed by atoms with E-state index in [1.807, 2.05) is 0 Å². The molecule has 0 amide bonds. The first-order valence-corrected chi connectivity index (χ1v) is 7.82. The van der Waals surface area contributed by atoms with Crippen LogP contribution in [0.2, 0.25) is 0 Å². The number of piperidine rings is 1. The number of likely N-dealkylation sites (tertiary alicyclic amines) is 1. The molecule has 1 aliphatic rings. The van der Waals surface area contributed by atoms with E-state index >= 15 is 0 Å². The number of aromatic nitrogens is 1. The Bertz CT molecular complexity index is 447. The van der Waals surface area contributed by atoms with E-state index in [1.165, 1.54) is 12.8 Å². The Balaban J connectivity index is 2.07. The summed E-state index contributed by atoms with van der Waals surface area (Å²) in [5.74, 6) is 0.780. The van der Waals surface area contributed by atoms with Crippen molar-refractivity contribution in [3.05, 3.63) is 15.6 Å². The number of rotatable bonds is 5. The molecule has 1 fully saturated rings. The van der Waals surface area contributed by atoms with Gasteiger partial charge in [-0.05, 0) is 25.3 Å². The lowest BCUT2D eigenvalue weighted by Crippen LogP contribution is -2.33. The van der Waals surface area contributed by atoms with Gasteiger partial charge in [0.25, 0.3) is 0 Å². The first kappa shape index (κ1) is 14.8. The van der Waals surface area contributed by atoms with E-state index in [2.05, 4.69) is 16.8 Å². The molecular formula is C13H21N3OS2. The lowest BCUT2D eigenvalue weighted by atomic mass is 10.0. The van der Waals surface area contributed by atoms with Crippen molar-refractivity contribution in [2.24, 2.45) is 11.7 Å². The summed E-state index contributed by atoms with van der Waals surface area (Å²) in [6.45, 7) is 5.99. The predicted octanol–water partition coefficient (Wildman–Crippen LogP) is 2.16. The molecule has 0 spiro atoms. The van der Waals surface area contributed by atoms with Crippen molar-refractivity contribution in [2.45, 2.75) is 32.9 Å². The summed E-state index contributed by atoms with van der Waals surface area (Å²) in [4.78, 5) is 8.41. The van der Waals surface area contributed by atoms with Gasteiger partial charge in [0.1, 0.15) is 10.00 Å². The summed E-state index contributed by atoms with van der Waals surface area (Å²) >= 11 is 6.68. The molecule has 1 aromatic rings. The van der Waals surface area contributed by atoms with Crippen LogP contribution in [-0.4, -0.2) is 35.1 Å². The summed E-state index contributed by atoms with van der Waals surface area (Å²) in [5, 5.41) is 1.09. The van der Waals surface area contributed by atoms with Gasteiger partial charge in [-0.25, -0.2) is 4.98 Å². The Labute approximate surface area is 124 Å². The fraction of sp³-hybridized carbons (Fsp3) is 0.692. The van der Waals surface area contributed by atoms with Crippen LogP contribution in [0.4, 0.5) is 0 Å². The molecule has 1 aromatic heterocycles. The van der Waals surface area contributed by atoms with Gasteiger partial charge in [-0.2, -0.15) is 0 Å². The van der Waals surface area contributed by atoms with E-state index in [0.29, 0.717) is 11.6 Å². The van der Waals surface area contributed by atoms with Crippen LogP contribution >= 0.6 is 23.6 Å². The Morgan fingerprint density at radius 2 is 2.42 bits per heavy atom. The van der Waals surface area contributed by atoms with Crippen molar-refractivity contribution >= 4 is 28.5 Å². The number of thiazole rings is 1. The molecule has 2 rings (SSSR count). The highest BCUT2D eigenvalue weighted by Crippen LogP contribution is 2.23. The fourth-order valence-corrected chi connectivity index (χ4v) is 3.72. The Kier molecular flexibility index (Phi) is 5.27. The molecule has 0 aromatic carbocycles. The van der Waals surface area contributed by atoms with E-state index in [9.17, 15) is 0 Å². The molecule has 4 nitrogen and oxygen atoms in total. The average molecular weight is 299 g/mol. The maximum absolute atomic E-state index is 5.75. The molecule has 2 N–H and O–H groups in total. The number of ether oxygens (including phenoxy) is 1. The highest BCUT2D eigenvalue weighted by molar-refractivity contribution is 7.81. The minimum Gasteiger partial charge on any atom is -0.389 e. The average Bonchev–Trinajstić information content (AvgIpc) is 2.73. The summed E-state index contributed by atoms with van der Waals surface area (Å²) in [6.07, 6.45) is 2.61. The number of hydrogen-bond acceptors (Lipinski definition) is 5. The van der Waals surface area contributed by atoms with Crippen LogP contribution in [0.15, 0.2) is 0 Å². The zero-order chi connectivity index (χ0) is 13.8. The normalized spacial score (nSPS) is 20.6. The van der Waals surface area contributed by atoms with Crippen molar-refractivity contribution < 1.29 is 4.74 Å². The van der Waals surface area contributed by atoms with Crippen molar-refractivity contribution in [1.82, 2.24) is 9.88 Å². The second-order valence-corrected chi connectivity index (χ2v) is 6.69. The number of methoxy groups -OCH3 is 1. The molecule has 1 aliphatic heterocycles. The topological polar surface area (TPSA) is 51.4 Å². The summed E-state index contributed by atoms with van der Waals surface area (Å²) in [7, 11) is 1.66. The maximum Gasteiger partial charge on any atom is 0.116 e. The van der Waals surface area contributed by atoms with Gasteiger partial charge in [0, 0.05) is 13.7 Å². The van der Waals surface area contributed by atoms with Crippen molar-refractivity contribution in [2.75, 3.05) is 20.2 Å². The third-order valence-corrected chi connectivity index (χ3v) is 4.80. The van der Waals surface area contributed by atoms with Crippen molar-refractivity contribution in [3.8, 4) is 0 Å². The molecule has 2 heterocycles. The van der Waals surface area contributed by atoms with Gasteiger partial charge in [0.15, 0.2) is 0 Å². The molecule has 19 heavy (non-hydrogen) atoms. The van der Waals surface area contributed by atoms with Gasteiger partial charge in [0.2, 0.25) is 0 Å². The minimum atomic E-state index is 0.419. The van der Waals surface area contributed by atoms with Gasteiger partial charge < -0.3 is 10.5 Å². The van der Waals surface area contributed by atoms with Gasteiger partial charge >= 0.3 is 0 Å². The monoisotopic (exact) mass is 299 g/mol. The summed E-state index contributed by atoms with van der Waals surface area (Å²) in [6, 6.07) is 0. The number of thiocarbonyl (C=S) groups is 1. The highest BCUT2D eigenvalue weighted by Gasteiger charge is 2.19. The van der Waals surface area contributed by atoms with Gasteiger partial charge in [0.05, 0.1) is 23.7 Å². The van der Waals surface area contributed by atoms with Crippen LogP contribution < -0.4 is 5.73 Å². The van der Waals surface area contributed by atoms with Crippen LogP contribution in [0.1, 0.15) is 35.3 Å². The minimum absolute atomic E-state index is 0.419. The van der Waals surface area contributed by atoms with E-state index in [4.69, 9.17) is 22.7 Å². The molecule has 6 heteroatoms. The smallest absolute Gasteiger partial charge is 0.116 e. The largest absolute Gasteiger partial charge is 0.389 e. The van der Waals surface area contributed by atoms with Crippen LogP contribution in [0.3, 0.4) is 0 Å². The first-order valence-electron chi connectivity index (χ1n) is 6.59. The molecule has 106 valence electrons. The molecule has 1 unspecified atom stereocenters. The maximum atomic E-state index is 5.75. The molecule has 0 aliphatic carbocycles. The van der Waals surface area contributed by atoms with E-state index in [1.54, 1.807) is 18.4 Å². The summed E-state index contributed by atoms with van der Waals surface area (Å²) < 4.78 is 5.15. The number of nitrogens with two attached hydrogens (primary N) is 1. The van der Waals surface area contributed by atoms with Gasteiger partial charge in [-0.1, -0.05) is 19.1 Å². The molecule has 0 bridgehead atoms. The second-order valence-electron chi connectivity index (χ2n) is 5.16. The quantitative estimate of drug-likeness (QED) is 0.844. The molecule has 1 atom stereocenters. The highest BCUT2D eigenvalue weighted by atomic mass is 32.1. The van der Waals surface area contributed by atoms with E-state index in [-0.39, 0.29) is 0 Å². The lowest BCUT2D eigenvalue weighted by Gasteiger charge is -2.29.